The summed E-state index contributed by atoms with van der Waals surface area (Å²) >= 11 is 0. The normalized spacial score (nSPS) is 10.0. The summed E-state index contributed by atoms with van der Waals surface area (Å²) in [7, 11) is 1.58. The third-order valence-electron chi connectivity index (χ3n) is 3.64. The van der Waals surface area contributed by atoms with E-state index in [2.05, 4.69) is 6.58 Å². The molecule has 0 N–H and O–H groups in total. The SMILES string of the molecule is C=CC(=O)OCCCOc1ccc(C(=O)Oc2ccc(OC)cc2C)cc1. The fourth-order valence-corrected chi connectivity index (χ4v) is 2.19. The number of methoxy groups -OCH3 is 1. The number of hydrogen-bond donors (Lipinski definition) is 0. The molecule has 6 heteroatoms. The second kappa shape index (κ2) is 10.0. The maximum atomic E-state index is 12.3. The van der Waals surface area contributed by atoms with Gasteiger partial charge in [0.2, 0.25) is 0 Å². The average molecular weight is 370 g/mol. The van der Waals surface area contributed by atoms with Gasteiger partial charge in [0.15, 0.2) is 0 Å². The van der Waals surface area contributed by atoms with Crippen molar-refractivity contribution < 1.29 is 28.5 Å². The van der Waals surface area contributed by atoms with Gasteiger partial charge < -0.3 is 18.9 Å². The number of hydrogen-bond acceptors (Lipinski definition) is 6. The fraction of sp³-hybridized carbons (Fsp3) is 0.238. The molecule has 0 heterocycles. The van der Waals surface area contributed by atoms with E-state index >= 15 is 0 Å². The Balaban J connectivity index is 1.84. The zero-order valence-corrected chi connectivity index (χ0v) is 15.4. The largest absolute Gasteiger partial charge is 0.497 e. The monoisotopic (exact) mass is 370 g/mol. The van der Waals surface area contributed by atoms with Crippen LogP contribution < -0.4 is 14.2 Å². The highest BCUT2D eigenvalue weighted by Crippen LogP contribution is 2.24. The number of esters is 2. The maximum absolute atomic E-state index is 12.3. The minimum Gasteiger partial charge on any atom is -0.497 e. The smallest absolute Gasteiger partial charge is 0.343 e. The van der Waals surface area contributed by atoms with Crippen molar-refractivity contribution in [2.75, 3.05) is 20.3 Å². The summed E-state index contributed by atoms with van der Waals surface area (Å²) in [4.78, 5) is 23.2. The third-order valence-corrected chi connectivity index (χ3v) is 3.64. The molecule has 2 aromatic rings. The van der Waals surface area contributed by atoms with Crippen molar-refractivity contribution in [3.05, 3.63) is 66.2 Å². The Labute approximate surface area is 158 Å². The molecule has 0 aliphatic rings. The Morgan fingerprint density at radius 2 is 1.74 bits per heavy atom. The van der Waals surface area contributed by atoms with E-state index in [0.717, 1.165) is 11.6 Å². The molecule has 0 saturated heterocycles. The van der Waals surface area contributed by atoms with E-state index in [1.165, 1.54) is 0 Å². The minimum absolute atomic E-state index is 0.260. The van der Waals surface area contributed by atoms with Crippen molar-refractivity contribution in [2.45, 2.75) is 13.3 Å². The first-order valence-corrected chi connectivity index (χ1v) is 8.42. The fourth-order valence-electron chi connectivity index (χ4n) is 2.19. The molecule has 6 nitrogen and oxygen atoms in total. The van der Waals surface area contributed by atoms with E-state index in [0.29, 0.717) is 35.8 Å². The van der Waals surface area contributed by atoms with Crippen LogP contribution in [-0.4, -0.2) is 32.3 Å². The summed E-state index contributed by atoms with van der Waals surface area (Å²) in [5, 5.41) is 0. The van der Waals surface area contributed by atoms with Crippen LogP contribution in [0.25, 0.3) is 0 Å². The molecule has 0 bridgehead atoms. The predicted molar refractivity (Wildman–Crippen MR) is 100 cm³/mol. The topological polar surface area (TPSA) is 71.1 Å². The van der Waals surface area contributed by atoms with Gasteiger partial charge in [-0.25, -0.2) is 9.59 Å². The van der Waals surface area contributed by atoms with Crippen LogP contribution in [0, 0.1) is 6.92 Å². The summed E-state index contributed by atoms with van der Waals surface area (Å²) in [6, 6.07) is 11.9. The van der Waals surface area contributed by atoms with Gasteiger partial charge in [0, 0.05) is 12.5 Å². The maximum Gasteiger partial charge on any atom is 0.343 e. The van der Waals surface area contributed by atoms with Crippen LogP contribution in [0.1, 0.15) is 22.3 Å². The quantitative estimate of drug-likeness (QED) is 0.290. The first kappa shape index (κ1) is 20.0. The molecule has 0 aromatic heterocycles. The molecule has 0 spiro atoms. The average Bonchev–Trinajstić information content (AvgIpc) is 2.69. The zero-order valence-electron chi connectivity index (χ0n) is 15.4. The molecule has 0 aliphatic carbocycles. The molecule has 27 heavy (non-hydrogen) atoms. The summed E-state index contributed by atoms with van der Waals surface area (Å²) in [5.74, 6) is 0.890. The van der Waals surface area contributed by atoms with Gasteiger partial charge in [0.05, 0.1) is 25.9 Å². The third kappa shape index (κ3) is 6.18. The van der Waals surface area contributed by atoms with Crippen LogP contribution in [0.3, 0.4) is 0 Å². The Hall–Kier alpha value is -3.28. The molecular formula is C21H22O6. The van der Waals surface area contributed by atoms with Crippen LogP contribution in [0.15, 0.2) is 55.1 Å². The molecule has 2 aromatic carbocycles. The summed E-state index contributed by atoms with van der Waals surface area (Å²) in [6.07, 6.45) is 1.67. The number of rotatable bonds is 9. The van der Waals surface area contributed by atoms with Gasteiger partial charge in [-0.15, -0.1) is 0 Å². The van der Waals surface area contributed by atoms with Gasteiger partial charge in [-0.1, -0.05) is 6.58 Å². The lowest BCUT2D eigenvalue weighted by atomic mass is 10.2. The molecule has 0 fully saturated rings. The lowest BCUT2D eigenvalue weighted by Crippen LogP contribution is -2.09. The van der Waals surface area contributed by atoms with Gasteiger partial charge >= 0.3 is 11.9 Å². The lowest BCUT2D eigenvalue weighted by Gasteiger charge is -2.10. The molecule has 2 rings (SSSR count). The summed E-state index contributed by atoms with van der Waals surface area (Å²) < 4.78 is 20.9. The van der Waals surface area contributed by atoms with Gasteiger partial charge in [-0.05, 0) is 55.0 Å². The number of carbonyl (C=O) groups excluding carboxylic acids is 2. The number of aryl methyl sites for hydroxylation is 1. The first-order chi connectivity index (χ1) is 13.0. The van der Waals surface area contributed by atoms with E-state index in [-0.39, 0.29) is 6.61 Å². The van der Waals surface area contributed by atoms with E-state index in [1.54, 1.807) is 49.6 Å². The van der Waals surface area contributed by atoms with Gasteiger partial charge in [0.1, 0.15) is 17.2 Å². The van der Waals surface area contributed by atoms with Crippen molar-refractivity contribution in [3.63, 3.8) is 0 Å². The Morgan fingerprint density at radius 1 is 1.04 bits per heavy atom. The molecule has 0 unspecified atom stereocenters. The van der Waals surface area contributed by atoms with Crippen molar-refractivity contribution in [2.24, 2.45) is 0 Å². The van der Waals surface area contributed by atoms with Gasteiger partial charge in [-0.2, -0.15) is 0 Å². The van der Waals surface area contributed by atoms with E-state index < -0.39 is 11.9 Å². The Bertz CT molecular complexity index is 795. The first-order valence-electron chi connectivity index (χ1n) is 8.42. The standard InChI is InChI=1S/C21H22O6/c1-4-20(22)26-13-5-12-25-17-8-6-16(7-9-17)21(23)27-19-11-10-18(24-3)14-15(19)2/h4,6-11,14H,1,5,12-13H2,2-3H3. The minimum atomic E-state index is -0.454. The van der Waals surface area contributed by atoms with Crippen molar-refractivity contribution in [1.82, 2.24) is 0 Å². The van der Waals surface area contributed by atoms with Crippen LogP contribution in [0.2, 0.25) is 0 Å². The van der Waals surface area contributed by atoms with Crippen LogP contribution >= 0.6 is 0 Å². The lowest BCUT2D eigenvalue weighted by molar-refractivity contribution is -0.137. The summed E-state index contributed by atoms with van der Waals surface area (Å²) in [6.45, 7) is 5.81. The Kier molecular flexibility index (Phi) is 7.43. The van der Waals surface area contributed by atoms with E-state index in [1.807, 2.05) is 6.92 Å². The highest BCUT2D eigenvalue weighted by Gasteiger charge is 2.11. The highest BCUT2D eigenvalue weighted by molar-refractivity contribution is 5.91. The van der Waals surface area contributed by atoms with Gasteiger partial charge in [-0.3, -0.25) is 0 Å². The molecule has 0 radical (unpaired) electrons. The predicted octanol–water partition coefficient (Wildman–Crippen LogP) is 3.72. The number of carbonyl (C=O) groups is 2. The molecule has 0 saturated carbocycles. The molecule has 0 atom stereocenters. The van der Waals surface area contributed by atoms with Crippen LogP contribution in [0.5, 0.6) is 17.2 Å². The van der Waals surface area contributed by atoms with Crippen LogP contribution in [0.4, 0.5) is 0 Å². The Morgan fingerprint density at radius 3 is 2.37 bits per heavy atom. The van der Waals surface area contributed by atoms with Crippen LogP contribution in [-0.2, 0) is 9.53 Å². The molecule has 0 aliphatic heterocycles. The number of benzene rings is 2. The van der Waals surface area contributed by atoms with Gasteiger partial charge in [0.25, 0.3) is 0 Å². The molecule has 142 valence electrons. The summed E-state index contributed by atoms with van der Waals surface area (Å²) in [5.41, 5.74) is 1.22. The van der Waals surface area contributed by atoms with Crippen molar-refractivity contribution in [3.8, 4) is 17.2 Å². The second-order valence-electron chi connectivity index (χ2n) is 5.62. The molecule has 0 amide bonds. The zero-order chi connectivity index (χ0) is 19.6. The van der Waals surface area contributed by atoms with E-state index in [9.17, 15) is 9.59 Å². The second-order valence-corrected chi connectivity index (χ2v) is 5.62. The molecular weight excluding hydrogens is 348 g/mol. The van der Waals surface area contributed by atoms with Crippen molar-refractivity contribution in [1.29, 1.82) is 0 Å². The highest BCUT2D eigenvalue weighted by atomic mass is 16.5. The van der Waals surface area contributed by atoms with Crippen molar-refractivity contribution >= 4 is 11.9 Å². The van der Waals surface area contributed by atoms with E-state index in [4.69, 9.17) is 18.9 Å². The number of ether oxygens (including phenoxy) is 4.